The summed E-state index contributed by atoms with van der Waals surface area (Å²) in [5.74, 6) is -1.94. The number of nitrogens with zero attached hydrogens (tertiary/aromatic N) is 2. The van der Waals surface area contributed by atoms with Crippen LogP contribution in [-0.2, 0) is 23.9 Å². The maximum Gasteiger partial charge on any atom is 0.245 e. The van der Waals surface area contributed by atoms with E-state index < -0.39 is 29.1 Å². The first kappa shape index (κ1) is 25.3. The molecule has 0 saturated carbocycles. The fourth-order valence-corrected chi connectivity index (χ4v) is 6.54. The van der Waals surface area contributed by atoms with Crippen LogP contribution in [0.2, 0.25) is 0 Å². The molecule has 10 nitrogen and oxygen atoms in total. The zero-order valence-corrected chi connectivity index (χ0v) is 20.7. The van der Waals surface area contributed by atoms with Gasteiger partial charge >= 0.3 is 0 Å². The van der Waals surface area contributed by atoms with Gasteiger partial charge in [-0.1, -0.05) is 13.8 Å². The standard InChI is InChI=1S/C24H40N4O6/c1-4-6-25-20(30)17-18-22(32)28(8-5-12-29)19(24(18)15-16(2)23(17,3)34-24)21(31)26-7-9-27-10-13-33-14-11-27/h16-19,29H,4-15H2,1-3H3,(H,25,30)(H,26,31)/t16?,17-,18+,19?,23+,24?/m1/s1. The van der Waals surface area contributed by atoms with Crippen LogP contribution in [-0.4, -0.2) is 109 Å². The number of morpholine rings is 1. The summed E-state index contributed by atoms with van der Waals surface area (Å²) >= 11 is 0. The summed E-state index contributed by atoms with van der Waals surface area (Å²) in [7, 11) is 0. The molecule has 0 aromatic heterocycles. The molecule has 4 saturated heterocycles. The fourth-order valence-electron chi connectivity index (χ4n) is 6.54. The monoisotopic (exact) mass is 480 g/mol. The highest BCUT2D eigenvalue weighted by Crippen LogP contribution is 2.65. The van der Waals surface area contributed by atoms with E-state index in [1.807, 2.05) is 20.8 Å². The van der Waals surface area contributed by atoms with E-state index in [4.69, 9.17) is 9.47 Å². The van der Waals surface area contributed by atoms with E-state index in [-0.39, 0.29) is 36.8 Å². The van der Waals surface area contributed by atoms with Crippen molar-refractivity contribution in [3.8, 4) is 0 Å². The fraction of sp³-hybridized carbons (Fsp3) is 0.875. The Balaban J connectivity index is 1.57. The zero-order valence-electron chi connectivity index (χ0n) is 20.7. The van der Waals surface area contributed by atoms with E-state index in [1.54, 1.807) is 4.90 Å². The molecule has 10 heteroatoms. The van der Waals surface area contributed by atoms with Crippen LogP contribution < -0.4 is 10.6 Å². The first-order valence-electron chi connectivity index (χ1n) is 12.8. The highest BCUT2D eigenvalue weighted by molar-refractivity contribution is 5.99. The van der Waals surface area contributed by atoms with Crippen molar-refractivity contribution in [2.24, 2.45) is 17.8 Å². The predicted octanol–water partition coefficient (Wildman–Crippen LogP) is -0.646. The molecule has 3 unspecified atom stereocenters. The Kier molecular flexibility index (Phi) is 7.52. The van der Waals surface area contributed by atoms with Gasteiger partial charge in [0.25, 0.3) is 0 Å². The second kappa shape index (κ2) is 10.1. The molecule has 0 aromatic rings. The van der Waals surface area contributed by atoms with Crippen molar-refractivity contribution in [2.45, 2.75) is 57.3 Å². The largest absolute Gasteiger partial charge is 0.396 e. The highest BCUT2D eigenvalue weighted by Gasteiger charge is 2.79. The van der Waals surface area contributed by atoms with Gasteiger partial charge in [-0.3, -0.25) is 19.3 Å². The van der Waals surface area contributed by atoms with Gasteiger partial charge in [0.05, 0.1) is 30.7 Å². The molecular weight excluding hydrogens is 440 g/mol. The number of fused-ring (bicyclic) bond motifs is 1. The number of ether oxygens (including phenoxy) is 2. The zero-order chi connectivity index (χ0) is 24.5. The van der Waals surface area contributed by atoms with Crippen LogP contribution in [0.4, 0.5) is 0 Å². The third-order valence-corrected chi connectivity index (χ3v) is 8.28. The summed E-state index contributed by atoms with van der Waals surface area (Å²) in [5, 5.41) is 15.4. The third kappa shape index (κ3) is 4.12. The molecule has 0 radical (unpaired) electrons. The smallest absolute Gasteiger partial charge is 0.245 e. The molecule has 6 atom stereocenters. The minimum absolute atomic E-state index is 0.0235. The van der Waals surface area contributed by atoms with E-state index in [9.17, 15) is 19.5 Å². The van der Waals surface area contributed by atoms with Crippen molar-refractivity contribution in [3.63, 3.8) is 0 Å². The van der Waals surface area contributed by atoms with Crippen LogP contribution in [0.5, 0.6) is 0 Å². The Hall–Kier alpha value is -1.75. The number of hydrogen-bond acceptors (Lipinski definition) is 7. The van der Waals surface area contributed by atoms with Crippen LogP contribution in [0.15, 0.2) is 0 Å². The highest BCUT2D eigenvalue weighted by atomic mass is 16.5. The number of carbonyl (C=O) groups is 3. The first-order chi connectivity index (χ1) is 16.3. The van der Waals surface area contributed by atoms with E-state index in [0.717, 1.165) is 19.5 Å². The van der Waals surface area contributed by atoms with Crippen LogP contribution in [0.25, 0.3) is 0 Å². The number of likely N-dealkylation sites (tertiary alicyclic amines) is 1. The van der Waals surface area contributed by atoms with Gasteiger partial charge in [-0.15, -0.1) is 0 Å². The Bertz CT molecular complexity index is 789. The molecule has 4 aliphatic rings. The summed E-state index contributed by atoms with van der Waals surface area (Å²) in [4.78, 5) is 44.4. The summed E-state index contributed by atoms with van der Waals surface area (Å²) in [6.07, 6.45) is 1.71. The first-order valence-corrected chi connectivity index (χ1v) is 12.8. The van der Waals surface area contributed by atoms with E-state index in [2.05, 4.69) is 15.5 Å². The topological polar surface area (TPSA) is 120 Å². The van der Waals surface area contributed by atoms with Crippen molar-refractivity contribution in [2.75, 3.05) is 59.1 Å². The molecule has 3 amide bonds. The Labute approximate surface area is 201 Å². The van der Waals surface area contributed by atoms with Gasteiger partial charge in [0, 0.05) is 45.9 Å². The van der Waals surface area contributed by atoms with Gasteiger partial charge < -0.3 is 30.1 Å². The maximum atomic E-state index is 13.7. The Morgan fingerprint density at radius 3 is 2.53 bits per heavy atom. The number of carbonyl (C=O) groups excluding carboxylic acids is 3. The van der Waals surface area contributed by atoms with Crippen molar-refractivity contribution in [1.82, 2.24) is 20.4 Å². The molecule has 4 fully saturated rings. The normalized spacial score (nSPS) is 37.2. The van der Waals surface area contributed by atoms with Crippen molar-refractivity contribution >= 4 is 17.7 Å². The van der Waals surface area contributed by atoms with Gasteiger partial charge in [0.1, 0.15) is 11.6 Å². The van der Waals surface area contributed by atoms with E-state index >= 15 is 0 Å². The molecular formula is C24H40N4O6. The lowest BCUT2D eigenvalue weighted by molar-refractivity contribution is -0.147. The minimum atomic E-state index is -1.03. The minimum Gasteiger partial charge on any atom is -0.396 e. The molecule has 4 rings (SSSR count). The third-order valence-electron chi connectivity index (χ3n) is 8.28. The average molecular weight is 481 g/mol. The molecule has 2 bridgehead atoms. The number of nitrogens with one attached hydrogen (secondary N) is 2. The lowest BCUT2D eigenvalue weighted by Gasteiger charge is -2.36. The molecule has 0 aromatic carbocycles. The van der Waals surface area contributed by atoms with Gasteiger partial charge in [0.2, 0.25) is 17.7 Å². The SMILES string of the molecule is CCCNC(=O)[C@H]1[C@H]2C(=O)N(CCCO)C(C(=O)NCCN3CCOCC3)C23CC(C)[C@]1(C)O3. The lowest BCUT2D eigenvalue weighted by atomic mass is 9.62. The summed E-state index contributed by atoms with van der Waals surface area (Å²) in [6.45, 7) is 10.9. The Morgan fingerprint density at radius 2 is 1.85 bits per heavy atom. The van der Waals surface area contributed by atoms with Gasteiger partial charge in [-0.05, 0) is 32.1 Å². The number of hydrogen-bond donors (Lipinski definition) is 3. The molecule has 1 spiro atoms. The van der Waals surface area contributed by atoms with E-state index in [0.29, 0.717) is 45.7 Å². The van der Waals surface area contributed by atoms with Crippen molar-refractivity contribution < 1.29 is 29.0 Å². The summed E-state index contributed by atoms with van der Waals surface area (Å²) < 4.78 is 12.0. The average Bonchev–Trinajstić information content (AvgIpc) is 3.33. The Morgan fingerprint density at radius 1 is 1.15 bits per heavy atom. The molecule has 34 heavy (non-hydrogen) atoms. The molecule has 192 valence electrons. The lowest BCUT2D eigenvalue weighted by Crippen LogP contribution is -2.56. The number of aliphatic hydroxyl groups excluding tert-OH is 1. The number of amides is 3. The summed E-state index contributed by atoms with van der Waals surface area (Å²) in [6, 6.07) is -0.811. The van der Waals surface area contributed by atoms with Crippen LogP contribution in [0.1, 0.15) is 40.0 Å². The van der Waals surface area contributed by atoms with Crippen molar-refractivity contribution in [3.05, 3.63) is 0 Å². The molecule has 4 heterocycles. The second-order valence-electron chi connectivity index (χ2n) is 10.3. The number of aliphatic hydroxyl groups is 1. The van der Waals surface area contributed by atoms with Crippen LogP contribution in [0.3, 0.4) is 0 Å². The summed E-state index contributed by atoms with van der Waals surface area (Å²) in [5.41, 5.74) is -1.83. The molecule has 4 aliphatic heterocycles. The second-order valence-corrected chi connectivity index (χ2v) is 10.3. The maximum absolute atomic E-state index is 13.7. The van der Waals surface area contributed by atoms with Crippen LogP contribution in [0, 0.1) is 17.8 Å². The molecule has 0 aliphatic carbocycles. The van der Waals surface area contributed by atoms with Crippen molar-refractivity contribution in [1.29, 1.82) is 0 Å². The number of rotatable bonds is 10. The van der Waals surface area contributed by atoms with Gasteiger partial charge in [0.15, 0.2) is 0 Å². The van der Waals surface area contributed by atoms with Gasteiger partial charge in [-0.2, -0.15) is 0 Å². The van der Waals surface area contributed by atoms with E-state index in [1.165, 1.54) is 0 Å². The quantitative estimate of drug-likeness (QED) is 0.380. The van der Waals surface area contributed by atoms with Gasteiger partial charge in [-0.25, -0.2) is 0 Å². The van der Waals surface area contributed by atoms with Crippen LogP contribution >= 0.6 is 0 Å². The molecule has 3 N–H and O–H groups in total. The predicted molar refractivity (Wildman–Crippen MR) is 124 cm³/mol.